The summed E-state index contributed by atoms with van der Waals surface area (Å²) < 4.78 is 5.61. The van der Waals surface area contributed by atoms with Crippen LogP contribution in [0.25, 0.3) is 0 Å². The molecule has 1 aromatic heterocycles. The average molecular weight is 250 g/mol. The van der Waals surface area contributed by atoms with E-state index < -0.39 is 0 Å². The quantitative estimate of drug-likeness (QED) is 0.646. The smallest absolute Gasteiger partial charge is 0.182 e. The number of nitrogens with zero attached hydrogens (tertiary/aromatic N) is 1. The van der Waals surface area contributed by atoms with E-state index in [1.54, 1.807) is 18.3 Å². The van der Waals surface area contributed by atoms with Crippen LogP contribution in [-0.4, -0.2) is 4.98 Å². The Bertz CT molecular complexity index is 505. The molecule has 0 aliphatic carbocycles. The van der Waals surface area contributed by atoms with Gasteiger partial charge in [-0.3, -0.25) is 0 Å². The Labute approximate surface area is 104 Å². The van der Waals surface area contributed by atoms with Crippen LogP contribution < -0.4 is 16.0 Å². The number of ether oxygens (including phenoxy) is 1. The van der Waals surface area contributed by atoms with E-state index in [0.717, 1.165) is 5.56 Å². The van der Waals surface area contributed by atoms with Crippen molar-refractivity contribution < 1.29 is 4.74 Å². The molecule has 0 saturated heterocycles. The molecule has 5 heteroatoms. The van der Waals surface area contributed by atoms with Crippen molar-refractivity contribution >= 4 is 17.4 Å². The summed E-state index contributed by atoms with van der Waals surface area (Å²) in [5.74, 6) is 6.45. The summed E-state index contributed by atoms with van der Waals surface area (Å²) in [6, 6.07) is 11.1. The maximum Gasteiger partial charge on any atom is 0.182 e. The van der Waals surface area contributed by atoms with Crippen LogP contribution in [0.5, 0.6) is 5.75 Å². The minimum atomic E-state index is 0.418. The molecule has 2 rings (SSSR count). The van der Waals surface area contributed by atoms with E-state index in [-0.39, 0.29) is 0 Å². The molecule has 17 heavy (non-hydrogen) atoms. The Morgan fingerprint density at radius 2 is 2.18 bits per heavy atom. The summed E-state index contributed by atoms with van der Waals surface area (Å²) >= 11 is 5.88. The molecule has 88 valence electrons. The molecule has 3 N–H and O–H groups in total. The number of hydrogen-bond donors (Lipinski definition) is 2. The number of pyridine rings is 1. The second-order valence-corrected chi connectivity index (χ2v) is 3.85. The van der Waals surface area contributed by atoms with Gasteiger partial charge in [0.25, 0.3) is 0 Å². The zero-order valence-electron chi connectivity index (χ0n) is 9.06. The first-order chi connectivity index (χ1) is 8.29. The average Bonchev–Trinajstić information content (AvgIpc) is 2.37. The number of aromatic nitrogens is 1. The van der Waals surface area contributed by atoms with Crippen molar-refractivity contribution in [2.75, 3.05) is 5.43 Å². The molecule has 1 aromatic carbocycles. The van der Waals surface area contributed by atoms with Crippen molar-refractivity contribution in [3.8, 4) is 5.75 Å². The minimum Gasteiger partial charge on any atom is -0.485 e. The van der Waals surface area contributed by atoms with E-state index >= 15 is 0 Å². The van der Waals surface area contributed by atoms with Crippen molar-refractivity contribution in [2.45, 2.75) is 6.61 Å². The molecular formula is C12H12ClN3O. The first-order valence-corrected chi connectivity index (χ1v) is 5.46. The van der Waals surface area contributed by atoms with Crippen molar-refractivity contribution in [3.05, 3.63) is 53.2 Å². The van der Waals surface area contributed by atoms with Crippen LogP contribution in [0, 0.1) is 0 Å². The number of rotatable bonds is 4. The highest BCUT2D eigenvalue weighted by atomic mass is 35.5. The summed E-state index contributed by atoms with van der Waals surface area (Å²) in [5, 5.41) is 0.689. The van der Waals surface area contributed by atoms with Crippen LogP contribution in [0.4, 0.5) is 5.82 Å². The monoisotopic (exact) mass is 249 g/mol. The Kier molecular flexibility index (Phi) is 3.80. The normalized spacial score (nSPS) is 10.0. The Morgan fingerprint density at radius 1 is 1.29 bits per heavy atom. The summed E-state index contributed by atoms with van der Waals surface area (Å²) in [4.78, 5) is 4.04. The first-order valence-electron chi connectivity index (χ1n) is 5.08. The van der Waals surface area contributed by atoms with Crippen LogP contribution in [0.1, 0.15) is 5.56 Å². The van der Waals surface area contributed by atoms with E-state index in [9.17, 15) is 0 Å². The zero-order valence-corrected chi connectivity index (χ0v) is 9.82. The second kappa shape index (κ2) is 5.52. The van der Waals surface area contributed by atoms with Crippen LogP contribution >= 0.6 is 11.6 Å². The Balaban J connectivity index is 2.07. The van der Waals surface area contributed by atoms with Gasteiger partial charge < -0.3 is 10.2 Å². The van der Waals surface area contributed by atoms with Gasteiger partial charge in [-0.15, -0.1) is 0 Å². The van der Waals surface area contributed by atoms with Gasteiger partial charge in [0.1, 0.15) is 6.61 Å². The lowest BCUT2D eigenvalue weighted by Gasteiger charge is -2.09. The lowest BCUT2D eigenvalue weighted by Crippen LogP contribution is -2.10. The molecule has 0 fully saturated rings. The van der Waals surface area contributed by atoms with Gasteiger partial charge in [-0.25, -0.2) is 10.8 Å². The number of nitrogens with two attached hydrogens (primary N) is 1. The molecular weight excluding hydrogens is 238 g/mol. The van der Waals surface area contributed by atoms with Gasteiger partial charge in [0, 0.05) is 11.2 Å². The van der Waals surface area contributed by atoms with Crippen molar-refractivity contribution in [1.82, 2.24) is 4.98 Å². The van der Waals surface area contributed by atoms with E-state index in [2.05, 4.69) is 10.4 Å². The molecule has 4 nitrogen and oxygen atoms in total. The van der Waals surface area contributed by atoms with Crippen LogP contribution in [0.15, 0.2) is 42.6 Å². The highest BCUT2D eigenvalue weighted by Gasteiger charge is 2.03. The lowest BCUT2D eigenvalue weighted by molar-refractivity contribution is 0.306. The van der Waals surface area contributed by atoms with Crippen molar-refractivity contribution in [1.29, 1.82) is 0 Å². The first kappa shape index (κ1) is 11.7. The van der Waals surface area contributed by atoms with E-state index in [1.807, 2.05) is 24.3 Å². The van der Waals surface area contributed by atoms with Gasteiger partial charge in [0.05, 0.1) is 0 Å². The number of hydrazine groups is 1. The van der Waals surface area contributed by atoms with Gasteiger partial charge in [0.15, 0.2) is 11.6 Å². The molecule has 0 amide bonds. The predicted molar refractivity (Wildman–Crippen MR) is 67.8 cm³/mol. The Hall–Kier alpha value is -1.78. The summed E-state index contributed by atoms with van der Waals surface area (Å²) in [6.07, 6.45) is 1.64. The number of halogens is 1. The highest BCUT2D eigenvalue weighted by molar-refractivity contribution is 6.30. The summed E-state index contributed by atoms with van der Waals surface area (Å²) in [6.45, 7) is 0.418. The topological polar surface area (TPSA) is 60.2 Å². The molecule has 0 radical (unpaired) electrons. The standard InChI is InChI=1S/C12H12ClN3O/c13-10-4-1-3-9(7-10)8-17-11-5-2-6-15-12(11)16-14/h1-7H,8,14H2,(H,15,16). The second-order valence-electron chi connectivity index (χ2n) is 3.41. The number of nitrogen functional groups attached to an aromatic ring is 1. The van der Waals surface area contributed by atoms with Crippen LogP contribution in [-0.2, 0) is 6.61 Å². The Morgan fingerprint density at radius 3 is 2.94 bits per heavy atom. The molecule has 2 aromatic rings. The van der Waals surface area contributed by atoms with Gasteiger partial charge in [-0.2, -0.15) is 0 Å². The third-order valence-electron chi connectivity index (χ3n) is 2.19. The predicted octanol–water partition coefficient (Wildman–Crippen LogP) is 2.60. The fourth-order valence-corrected chi connectivity index (χ4v) is 1.62. The molecule has 0 aliphatic heterocycles. The van der Waals surface area contributed by atoms with Crippen LogP contribution in [0.3, 0.4) is 0 Å². The third kappa shape index (κ3) is 3.09. The fraction of sp³-hybridized carbons (Fsp3) is 0.0833. The number of anilines is 1. The zero-order chi connectivity index (χ0) is 12.1. The highest BCUT2D eigenvalue weighted by Crippen LogP contribution is 2.21. The van der Waals surface area contributed by atoms with Gasteiger partial charge in [0.2, 0.25) is 0 Å². The SMILES string of the molecule is NNc1ncccc1OCc1cccc(Cl)c1. The van der Waals surface area contributed by atoms with E-state index in [0.29, 0.717) is 23.2 Å². The van der Waals surface area contributed by atoms with Gasteiger partial charge >= 0.3 is 0 Å². The lowest BCUT2D eigenvalue weighted by atomic mass is 10.2. The van der Waals surface area contributed by atoms with Gasteiger partial charge in [-0.05, 0) is 29.8 Å². The molecule has 1 heterocycles. The molecule has 0 aliphatic rings. The van der Waals surface area contributed by atoms with E-state index in [4.69, 9.17) is 22.2 Å². The minimum absolute atomic E-state index is 0.418. The molecule has 0 spiro atoms. The third-order valence-corrected chi connectivity index (χ3v) is 2.43. The summed E-state index contributed by atoms with van der Waals surface area (Å²) in [7, 11) is 0. The molecule has 0 bridgehead atoms. The maximum atomic E-state index is 5.88. The van der Waals surface area contributed by atoms with Crippen LogP contribution in [0.2, 0.25) is 5.02 Å². The number of hydrogen-bond acceptors (Lipinski definition) is 4. The molecule has 0 atom stereocenters. The molecule has 0 saturated carbocycles. The molecule has 0 unspecified atom stereocenters. The van der Waals surface area contributed by atoms with Crippen molar-refractivity contribution in [3.63, 3.8) is 0 Å². The van der Waals surface area contributed by atoms with Crippen molar-refractivity contribution in [2.24, 2.45) is 5.84 Å². The number of benzene rings is 1. The summed E-state index contributed by atoms with van der Waals surface area (Å²) in [5.41, 5.74) is 3.47. The van der Waals surface area contributed by atoms with Gasteiger partial charge in [-0.1, -0.05) is 23.7 Å². The fourth-order valence-electron chi connectivity index (χ4n) is 1.40. The number of nitrogens with one attached hydrogen (secondary N) is 1. The van der Waals surface area contributed by atoms with E-state index in [1.165, 1.54) is 0 Å². The maximum absolute atomic E-state index is 5.88. The largest absolute Gasteiger partial charge is 0.485 e.